The highest BCUT2D eigenvalue weighted by Gasteiger charge is 2.41. The molecule has 0 atom stereocenters. The Balaban J connectivity index is 1.99. The predicted molar refractivity (Wildman–Crippen MR) is 72.5 cm³/mol. The molecule has 1 fully saturated rings. The van der Waals surface area contributed by atoms with Crippen molar-refractivity contribution < 1.29 is 4.74 Å². The smallest absolute Gasteiger partial charge is 0.143 e. The highest BCUT2D eigenvalue weighted by Crippen LogP contribution is 2.49. The van der Waals surface area contributed by atoms with E-state index in [4.69, 9.17) is 10.5 Å². The van der Waals surface area contributed by atoms with Crippen LogP contribution < -0.4 is 15.8 Å². The van der Waals surface area contributed by atoms with Gasteiger partial charge in [0, 0.05) is 6.54 Å². The second-order valence-corrected chi connectivity index (χ2v) is 5.03. The molecule has 0 amide bonds. The average molecular weight is 234 g/mol. The van der Waals surface area contributed by atoms with Gasteiger partial charge in [0.15, 0.2) is 0 Å². The first-order valence-electron chi connectivity index (χ1n) is 6.37. The molecule has 17 heavy (non-hydrogen) atoms. The van der Waals surface area contributed by atoms with Crippen LogP contribution in [0.4, 0.5) is 11.4 Å². The third kappa shape index (κ3) is 2.65. The molecule has 1 aliphatic carbocycles. The molecule has 0 spiro atoms. The van der Waals surface area contributed by atoms with E-state index in [1.54, 1.807) is 7.11 Å². The first-order valence-corrected chi connectivity index (χ1v) is 6.37. The Morgan fingerprint density at radius 2 is 2.18 bits per heavy atom. The lowest BCUT2D eigenvalue weighted by Crippen LogP contribution is -2.16. The molecule has 1 aromatic carbocycles. The van der Waals surface area contributed by atoms with E-state index in [0.717, 1.165) is 18.0 Å². The fourth-order valence-electron chi connectivity index (χ4n) is 2.38. The van der Waals surface area contributed by atoms with Crippen molar-refractivity contribution in [2.75, 3.05) is 24.7 Å². The summed E-state index contributed by atoms with van der Waals surface area (Å²) < 4.78 is 5.22. The SMILES string of the molecule is CCCC1(CNc2cccc(OC)c2N)CC1. The van der Waals surface area contributed by atoms with Gasteiger partial charge >= 0.3 is 0 Å². The van der Waals surface area contributed by atoms with Crippen molar-refractivity contribution in [2.45, 2.75) is 32.6 Å². The molecule has 0 unspecified atom stereocenters. The second-order valence-electron chi connectivity index (χ2n) is 5.03. The minimum Gasteiger partial charge on any atom is -0.495 e. The Hall–Kier alpha value is -1.38. The van der Waals surface area contributed by atoms with Gasteiger partial charge in [-0.25, -0.2) is 0 Å². The summed E-state index contributed by atoms with van der Waals surface area (Å²) in [4.78, 5) is 0. The quantitative estimate of drug-likeness (QED) is 0.743. The fourth-order valence-corrected chi connectivity index (χ4v) is 2.38. The molecule has 1 saturated carbocycles. The fraction of sp³-hybridized carbons (Fsp3) is 0.571. The molecular formula is C14H22N2O. The monoisotopic (exact) mass is 234 g/mol. The van der Waals surface area contributed by atoms with Crippen LogP contribution in [0.2, 0.25) is 0 Å². The molecule has 94 valence electrons. The Bertz CT molecular complexity index is 386. The number of nitrogens with one attached hydrogen (secondary N) is 1. The normalized spacial score (nSPS) is 16.6. The van der Waals surface area contributed by atoms with Crippen LogP contribution in [0.25, 0.3) is 0 Å². The van der Waals surface area contributed by atoms with E-state index in [1.165, 1.54) is 25.7 Å². The third-order valence-electron chi connectivity index (χ3n) is 3.68. The predicted octanol–water partition coefficient (Wildman–Crippen LogP) is 3.27. The van der Waals surface area contributed by atoms with Crippen molar-refractivity contribution in [3.63, 3.8) is 0 Å². The van der Waals surface area contributed by atoms with Crippen LogP contribution in [0.5, 0.6) is 5.75 Å². The first kappa shape index (κ1) is 12.1. The first-order chi connectivity index (χ1) is 8.21. The maximum absolute atomic E-state index is 6.03. The molecule has 0 aliphatic heterocycles. The number of anilines is 2. The molecule has 2 rings (SSSR count). The van der Waals surface area contributed by atoms with Crippen LogP contribution in [-0.4, -0.2) is 13.7 Å². The van der Waals surface area contributed by atoms with E-state index in [0.29, 0.717) is 11.1 Å². The van der Waals surface area contributed by atoms with Gasteiger partial charge < -0.3 is 15.8 Å². The van der Waals surface area contributed by atoms with Gasteiger partial charge in [0.05, 0.1) is 18.5 Å². The third-order valence-corrected chi connectivity index (χ3v) is 3.68. The number of nitrogens with two attached hydrogens (primary N) is 1. The van der Waals surface area contributed by atoms with Crippen molar-refractivity contribution in [1.82, 2.24) is 0 Å². The van der Waals surface area contributed by atoms with Gasteiger partial charge in [-0.1, -0.05) is 19.4 Å². The molecule has 1 aromatic rings. The van der Waals surface area contributed by atoms with Gasteiger partial charge in [0.2, 0.25) is 0 Å². The zero-order valence-corrected chi connectivity index (χ0v) is 10.8. The molecule has 3 heteroatoms. The number of hydrogen-bond donors (Lipinski definition) is 2. The minimum atomic E-state index is 0.532. The molecule has 0 aromatic heterocycles. The van der Waals surface area contributed by atoms with Crippen molar-refractivity contribution in [2.24, 2.45) is 5.41 Å². The molecule has 0 bridgehead atoms. The van der Waals surface area contributed by atoms with Gasteiger partial charge in [-0.2, -0.15) is 0 Å². The summed E-state index contributed by atoms with van der Waals surface area (Å²) in [5, 5.41) is 3.47. The minimum absolute atomic E-state index is 0.532. The zero-order valence-electron chi connectivity index (χ0n) is 10.8. The number of methoxy groups -OCH3 is 1. The van der Waals surface area contributed by atoms with Crippen LogP contribution in [0.1, 0.15) is 32.6 Å². The van der Waals surface area contributed by atoms with E-state index in [1.807, 2.05) is 18.2 Å². The van der Waals surface area contributed by atoms with Crippen LogP contribution in [0, 0.1) is 5.41 Å². The van der Waals surface area contributed by atoms with Gasteiger partial charge in [-0.15, -0.1) is 0 Å². The van der Waals surface area contributed by atoms with Gasteiger partial charge in [-0.3, -0.25) is 0 Å². The number of rotatable bonds is 6. The summed E-state index contributed by atoms with van der Waals surface area (Å²) in [6, 6.07) is 5.87. The summed E-state index contributed by atoms with van der Waals surface area (Å²) in [6.07, 6.45) is 5.26. The molecular weight excluding hydrogens is 212 g/mol. The summed E-state index contributed by atoms with van der Waals surface area (Å²) in [7, 11) is 1.65. The molecule has 3 N–H and O–H groups in total. The van der Waals surface area contributed by atoms with Crippen molar-refractivity contribution >= 4 is 11.4 Å². The maximum Gasteiger partial charge on any atom is 0.143 e. The molecule has 1 aliphatic rings. The summed E-state index contributed by atoms with van der Waals surface area (Å²) in [5.74, 6) is 0.746. The van der Waals surface area contributed by atoms with Crippen LogP contribution in [-0.2, 0) is 0 Å². The highest BCUT2D eigenvalue weighted by molar-refractivity contribution is 5.72. The lowest BCUT2D eigenvalue weighted by Gasteiger charge is -2.17. The lowest BCUT2D eigenvalue weighted by molar-refractivity contribution is 0.417. The van der Waals surface area contributed by atoms with Crippen molar-refractivity contribution in [1.29, 1.82) is 0 Å². The van der Waals surface area contributed by atoms with E-state index in [-0.39, 0.29) is 0 Å². The van der Waals surface area contributed by atoms with Crippen LogP contribution in [0.15, 0.2) is 18.2 Å². The van der Waals surface area contributed by atoms with Crippen LogP contribution >= 0.6 is 0 Å². The van der Waals surface area contributed by atoms with Crippen LogP contribution in [0.3, 0.4) is 0 Å². The van der Waals surface area contributed by atoms with Gasteiger partial charge in [0.25, 0.3) is 0 Å². The topological polar surface area (TPSA) is 47.3 Å². The van der Waals surface area contributed by atoms with Crippen molar-refractivity contribution in [3.8, 4) is 5.75 Å². The number of ether oxygens (including phenoxy) is 1. The van der Waals surface area contributed by atoms with E-state index in [2.05, 4.69) is 12.2 Å². The van der Waals surface area contributed by atoms with E-state index in [9.17, 15) is 0 Å². The molecule has 0 radical (unpaired) electrons. The lowest BCUT2D eigenvalue weighted by atomic mass is 10.0. The number of hydrogen-bond acceptors (Lipinski definition) is 3. The zero-order chi connectivity index (χ0) is 12.3. The standard InChI is InChI=1S/C14H22N2O/c1-3-7-14(8-9-14)10-16-11-5-4-6-12(17-2)13(11)15/h4-6,16H,3,7-10,15H2,1-2H3. The molecule has 0 heterocycles. The summed E-state index contributed by atoms with van der Waals surface area (Å²) in [6.45, 7) is 3.28. The number of nitrogen functional groups attached to an aromatic ring is 1. The Morgan fingerprint density at radius 1 is 1.41 bits per heavy atom. The molecule has 3 nitrogen and oxygen atoms in total. The Kier molecular flexibility index (Phi) is 3.46. The maximum atomic E-state index is 6.03. The van der Waals surface area contributed by atoms with E-state index >= 15 is 0 Å². The second kappa shape index (κ2) is 4.86. The van der Waals surface area contributed by atoms with Gasteiger partial charge in [-0.05, 0) is 36.8 Å². The number of benzene rings is 1. The average Bonchev–Trinajstić information content (AvgIpc) is 3.09. The van der Waals surface area contributed by atoms with Crippen molar-refractivity contribution in [3.05, 3.63) is 18.2 Å². The van der Waals surface area contributed by atoms with Gasteiger partial charge in [0.1, 0.15) is 5.75 Å². The number of para-hydroxylation sites is 1. The summed E-state index contributed by atoms with van der Waals surface area (Å²) >= 11 is 0. The summed E-state index contributed by atoms with van der Waals surface area (Å²) in [5.41, 5.74) is 8.26. The largest absolute Gasteiger partial charge is 0.495 e. The highest BCUT2D eigenvalue weighted by atomic mass is 16.5. The Labute approximate surface area is 103 Å². The molecule has 0 saturated heterocycles. The van der Waals surface area contributed by atoms with E-state index < -0.39 is 0 Å². The Morgan fingerprint density at radius 3 is 2.76 bits per heavy atom.